The Hall–Kier alpha value is -4.14. The lowest BCUT2D eigenvalue weighted by Gasteiger charge is -2.10. The van der Waals surface area contributed by atoms with Crippen LogP contribution in [0.1, 0.15) is 10.5 Å². The van der Waals surface area contributed by atoms with E-state index < -0.39 is 11.6 Å². The molecule has 0 saturated carbocycles. The lowest BCUT2D eigenvalue weighted by molar-refractivity contribution is 0.0997. The zero-order valence-corrected chi connectivity index (χ0v) is 16.6. The van der Waals surface area contributed by atoms with Crippen molar-refractivity contribution in [2.75, 3.05) is 14.2 Å². The molecule has 0 spiro atoms. The second kappa shape index (κ2) is 7.36. The minimum Gasteiger partial charge on any atom is -0.497 e. The summed E-state index contributed by atoms with van der Waals surface area (Å²) < 4.78 is 13.4. The predicted octanol–water partition coefficient (Wildman–Crippen LogP) is 1.90. The lowest BCUT2D eigenvalue weighted by atomic mass is 10.2. The fourth-order valence-corrected chi connectivity index (χ4v) is 3.35. The second-order valence-corrected chi connectivity index (χ2v) is 6.51. The molecule has 2 aromatic carbocycles. The van der Waals surface area contributed by atoms with E-state index in [2.05, 4.69) is 9.97 Å². The van der Waals surface area contributed by atoms with Crippen molar-refractivity contribution in [3.05, 3.63) is 64.7 Å². The molecule has 4 aromatic rings. The zero-order chi connectivity index (χ0) is 21.4. The molecular weight excluding hydrogens is 386 g/mol. The van der Waals surface area contributed by atoms with Gasteiger partial charge in [0.1, 0.15) is 17.0 Å². The van der Waals surface area contributed by atoms with E-state index in [1.165, 1.54) is 23.4 Å². The van der Waals surface area contributed by atoms with Gasteiger partial charge < -0.3 is 15.2 Å². The number of fused-ring (bicyclic) bond motifs is 1. The summed E-state index contributed by atoms with van der Waals surface area (Å²) in [5.74, 6) is 0.553. The van der Waals surface area contributed by atoms with E-state index in [0.29, 0.717) is 22.7 Å². The molecule has 0 bridgehead atoms. The first-order valence-corrected chi connectivity index (χ1v) is 9.03. The third-order valence-corrected chi connectivity index (χ3v) is 4.78. The highest BCUT2D eigenvalue weighted by molar-refractivity contribution is 6.02. The van der Waals surface area contributed by atoms with E-state index in [-0.39, 0.29) is 22.7 Å². The van der Waals surface area contributed by atoms with Crippen molar-refractivity contribution in [3.63, 3.8) is 0 Å². The number of nitrogens with zero attached hydrogens (tertiary/aromatic N) is 4. The first-order valence-electron chi connectivity index (χ1n) is 9.03. The summed E-state index contributed by atoms with van der Waals surface area (Å²) >= 11 is 0. The molecule has 0 radical (unpaired) electrons. The first kappa shape index (κ1) is 19.2. The number of aromatic nitrogens is 4. The van der Waals surface area contributed by atoms with Crippen LogP contribution in [0.2, 0.25) is 0 Å². The Morgan fingerprint density at radius 1 is 1.03 bits per heavy atom. The Morgan fingerprint density at radius 3 is 2.50 bits per heavy atom. The van der Waals surface area contributed by atoms with E-state index >= 15 is 0 Å². The minimum atomic E-state index is -0.767. The van der Waals surface area contributed by atoms with Gasteiger partial charge in [-0.25, -0.2) is 19.3 Å². The number of hydrogen-bond donors (Lipinski definition) is 1. The van der Waals surface area contributed by atoms with Crippen LogP contribution in [0.15, 0.2) is 53.3 Å². The van der Waals surface area contributed by atoms with Crippen LogP contribution in [0.5, 0.6) is 11.5 Å². The summed E-state index contributed by atoms with van der Waals surface area (Å²) in [7, 11) is 4.61. The Morgan fingerprint density at radius 2 is 1.80 bits per heavy atom. The van der Waals surface area contributed by atoms with Crippen LogP contribution in [0, 0.1) is 0 Å². The monoisotopic (exact) mass is 405 g/mol. The van der Waals surface area contributed by atoms with Crippen molar-refractivity contribution >= 4 is 17.1 Å². The highest BCUT2D eigenvalue weighted by atomic mass is 16.5. The average Bonchev–Trinajstić information content (AvgIpc) is 3.03. The topological polar surface area (TPSA) is 114 Å². The SMILES string of the molecule is COc1cccc(-n2c(=O)n(C)c3c(C(N)=O)nc(-c4ccccc4OC)nc32)c1. The number of nitrogens with two attached hydrogens (primary N) is 1. The summed E-state index contributed by atoms with van der Waals surface area (Å²) in [5, 5.41) is 0. The molecule has 0 atom stereocenters. The Labute approximate surface area is 171 Å². The number of carbonyl (C=O) groups excluding carboxylic acids is 1. The maximum Gasteiger partial charge on any atom is 0.334 e. The molecule has 1 amide bonds. The van der Waals surface area contributed by atoms with Gasteiger partial charge in [0.25, 0.3) is 5.91 Å². The largest absolute Gasteiger partial charge is 0.497 e. The van der Waals surface area contributed by atoms with Crippen molar-refractivity contribution in [1.82, 2.24) is 19.1 Å². The normalized spacial score (nSPS) is 10.9. The number of aryl methyl sites for hydroxylation is 1. The van der Waals surface area contributed by atoms with Crippen molar-refractivity contribution in [2.45, 2.75) is 0 Å². The summed E-state index contributed by atoms with van der Waals surface area (Å²) in [5.41, 5.74) is 6.75. The van der Waals surface area contributed by atoms with Gasteiger partial charge in [0.15, 0.2) is 17.2 Å². The zero-order valence-electron chi connectivity index (χ0n) is 16.6. The molecular formula is C21H19N5O4. The molecule has 9 heteroatoms. The molecule has 152 valence electrons. The minimum absolute atomic E-state index is 0.0536. The van der Waals surface area contributed by atoms with E-state index in [1.807, 2.05) is 6.07 Å². The van der Waals surface area contributed by atoms with Gasteiger partial charge in [-0.2, -0.15) is 0 Å². The molecule has 2 N–H and O–H groups in total. The fraction of sp³-hybridized carbons (Fsp3) is 0.143. The average molecular weight is 405 g/mol. The van der Waals surface area contributed by atoms with E-state index in [4.69, 9.17) is 15.2 Å². The van der Waals surface area contributed by atoms with Crippen LogP contribution in [0.25, 0.3) is 28.2 Å². The van der Waals surface area contributed by atoms with E-state index in [9.17, 15) is 9.59 Å². The maximum absolute atomic E-state index is 13.1. The fourth-order valence-electron chi connectivity index (χ4n) is 3.35. The lowest BCUT2D eigenvalue weighted by Crippen LogP contribution is -2.21. The number of amides is 1. The third-order valence-electron chi connectivity index (χ3n) is 4.78. The van der Waals surface area contributed by atoms with Crippen molar-refractivity contribution in [3.8, 4) is 28.6 Å². The van der Waals surface area contributed by atoms with Crippen molar-refractivity contribution < 1.29 is 14.3 Å². The molecule has 0 unspecified atom stereocenters. The maximum atomic E-state index is 13.1. The number of imidazole rings is 1. The highest BCUT2D eigenvalue weighted by Crippen LogP contribution is 2.29. The molecule has 2 heterocycles. The van der Waals surface area contributed by atoms with Gasteiger partial charge in [-0.05, 0) is 24.3 Å². The molecule has 0 saturated heterocycles. The number of primary amides is 1. The predicted molar refractivity (Wildman–Crippen MR) is 111 cm³/mol. The molecule has 0 fully saturated rings. The Balaban J connectivity index is 2.12. The van der Waals surface area contributed by atoms with Gasteiger partial charge in [0.05, 0.1) is 25.5 Å². The standard InChI is InChI=1S/C21H19N5O4/c1-25-17-16(18(22)27)23-19(14-9-4-5-10-15(14)30-3)24-20(17)26(21(25)28)12-7-6-8-13(11-12)29-2/h4-11H,1-3H3,(H2,22,27). The van der Waals surface area contributed by atoms with Gasteiger partial charge in [0, 0.05) is 13.1 Å². The second-order valence-electron chi connectivity index (χ2n) is 6.51. The van der Waals surface area contributed by atoms with Gasteiger partial charge in [-0.1, -0.05) is 18.2 Å². The number of benzene rings is 2. The highest BCUT2D eigenvalue weighted by Gasteiger charge is 2.23. The number of ether oxygens (including phenoxy) is 2. The van der Waals surface area contributed by atoms with Crippen LogP contribution in [-0.4, -0.2) is 39.2 Å². The Bertz CT molecular complexity index is 1340. The first-order chi connectivity index (χ1) is 14.5. The molecule has 0 aliphatic heterocycles. The van der Waals surface area contributed by atoms with Crippen LogP contribution < -0.4 is 20.9 Å². The summed E-state index contributed by atoms with van der Waals surface area (Å²) in [6.07, 6.45) is 0. The number of rotatable bonds is 5. The van der Waals surface area contributed by atoms with Gasteiger partial charge in [0.2, 0.25) is 0 Å². The number of hydrogen-bond acceptors (Lipinski definition) is 6. The summed E-state index contributed by atoms with van der Waals surface area (Å²) in [6.45, 7) is 0. The number of carbonyl (C=O) groups is 1. The van der Waals surface area contributed by atoms with Crippen LogP contribution in [0.4, 0.5) is 0 Å². The molecule has 0 aliphatic carbocycles. The number of para-hydroxylation sites is 1. The van der Waals surface area contributed by atoms with E-state index in [1.54, 1.807) is 49.5 Å². The van der Waals surface area contributed by atoms with Crippen LogP contribution in [0.3, 0.4) is 0 Å². The molecule has 9 nitrogen and oxygen atoms in total. The molecule has 2 aromatic heterocycles. The van der Waals surface area contributed by atoms with Crippen LogP contribution >= 0.6 is 0 Å². The van der Waals surface area contributed by atoms with Gasteiger partial charge in [-0.3, -0.25) is 9.36 Å². The van der Waals surface area contributed by atoms with Gasteiger partial charge >= 0.3 is 5.69 Å². The summed E-state index contributed by atoms with van der Waals surface area (Å²) in [6, 6.07) is 14.1. The van der Waals surface area contributed by atoms with Gasteiger partial charge in [-0.15, -0.1) is 0 Å². The quantitative estimate of drug-likeness (QED) is 0.542. The van der Waals surface area contributed by atoms with Crippen molar-refractivity contribution in [1.29, 1.82) is 0 Å². The molecule has 0 aliphatic rings. The van der Waals surface area contributed by atoms with Crippen molar-refractivity contribution in [2.24, 2.45) is 12.8 Å². The van der Waals surface area contributed by atoms with E-state index in [0.717, 1.165) is 0 Å². The van der Waals surface area contributed by atoms with Crippen LogP contribution in [-0.2, 0) is 7.05 Å². The Kier molecular flexibility index (Phi) is 4.71. The number of methoxy groups -OCH3 is 2. The smallest absolute Gasteiger partial charge is 0.334 e. The molecule has 30 heavy (non-hydrogen) atoms. The molecule has 4 rings (SSSR count). The summed E-state index contributed by atoms with van der Waals surface area (Å²) in [4.78, 5) is 34.3. The third kappa shape index (κ3) is 2.96.